The van der Waals surface area contributed by atoms with E-state index in [2.05, 4.69) is 35.1 Å². The number of hydrogen-bond donors (Lipinski definition) is 1. The van der Waals surface area contributed by atoms with Crippen molar-refractivity contribution >= 4 is 21.6 Å². The Morgan fingerprint density at radius 2 is 2.00 bits per heavy atom. The molecule has 1 nitrogen and oxygen atoms in total. The molecule has 2 rings (SSSR count). The van der Waals surface area contributed by atoms with Gasteiger partial charge in [-0.3, -0.25) is 0 Å². The van der Waals surface area contributed by atoms with Crippen LogP contribution in [0.5, 0.6) is 0 Å². The first-order valence-corrected chi connectivity index (χ1v) is 7.59. The summed E-state index contributed by atoms with van der Waals surface area (Å²) in [5.74, 6) is 1.19. The maximum atomic E-state index is 13.5. The fourth-order valence-corrected chi connectivity index (χ4v) is 3.18. The van der Waals surface area contributed by atoms with Crippen molar-refractivity contribution in [3.05, 3.63) is 28.5 Å². The molecule has 0 spiro atoms. The van der Waals surface area contributed by atoms with Gasteiger partial charge in [-0.05, 0) is 58.8 Å². The summed E-state index contributed by atoms with van der Waals surface area (Å²) in [6.07, 6.45) is 5.09. The molecule has 0 amide bonds. The van der Waals surface area contributed by atoms with Gasteiger partial charge in [0.25, 0.3) is 0 Å². The molecule has 0 saturated heterocycles. The van der Waals surface area contributed by atoms with Crippen molar-refractivity contribution < 1.29 is 4.39 Å². The Kier molecular flexibility index (Phi) is 4.66. The number of anilines is 1. The van der Waals surface area contributed by atoms with Gasteiger partial charge in [-0.15, -0.1) is 0 Å². The van der Waals surface area contributed by atoms with Crippen LogP contribution in [-0.2, 0) is 0 Å². The third kappa shape index (κ3) is 3.25. The zero-order valence-electron chi connectivity index (χ0n) is 11.0. The van der Waals surface area contributed by atoms with Crippen LogP contribution in [-0.4, -0.2) is 6.04 Å². The minimum atomic E-state index is -0.197. The summed E-state index contributed by atoms with van der Waals surface area (Å²) in [5.41, 5.74) is 0.897. The Bertz CT molecular complexity index is 405. The molecule has 0 bridgehead atoms. The quantitative estimate of drug-likeness (QED) is 0.807. The average Bonchev–Trinajstić information content (AvgIpc) is 2.34. The fraction of sp³-hybridized carbons (Fsp3) is 0.600. The second-order valence-corrected chi connectivity index (χ2v) is 6.43. The largest absolute Gasteiger partial charge is 0.382 e. The van der Waals surface area contributed by atoms with E-state index in [0.717, 1.165) is 5.69 Å². The second kappa shape index (κ2) is 6.05. The molecule has 1 N–H and O–H groups in total. The van der Waals surface area contributed by atoms with Crippen LogP contribution >= 0.6 is 15.9 Å². The summed E-state index contributed by atoms with van der Waals surface area (Å²) in [7, 11) is 0. The van der Waals surface area contributed by atoms with E-state index in [9.17, 15) is 4.39 Å². The highest BCUT2D eigenvalue weighted by Crippen LogP contribution is 2.32. The average molecular weight is 314 g/mol. The number of rotatable bonds is 3. The van der Waals surface area contributed by atoms with Crippen LogP contribution in [0.1, 0.15) is 39.5 Å². The summed E-state index contributed by atoms with van der Waals surface area (Å²) in [6.45, 7) is 4.57. The highest BCUT2D eigenvalue weighted by molar-refractivity contribution is 9.10. The highest BCUT2D eigenvalue weighted by Gasteiger charge is 2.27. The van der Waals surface area contributed by atoms with Crippen LogP contribution in [0.25, 0.3) is 0 Å². The number of benzene rings is 1. The Balaban J connectivity index is 2.08. The van der Waals surface area contributed by atoms with E-state index in [1.54, 1.807) is 12.1 Å². The Labute approximate surface area is 117 Å². The summed E-state index contributed by atoms with van der Waals surface area (Å²) < 4.78 is 14.0. The summed E-state index contributed by atoms with van der Waals surface area (Å²) in [4.78, 5) is 0. The molecule has 1 aliphatic rings. The SMILES string of the molecule is CC(C)C1CCCCC1Nc1ccc(Br)c(F)c1. The van der Waals surface area contributed by atoms with E-state index >= 15 is 0 Å². The first kappa shape index (κ1) is 13.9. The lowest BCUT2D eigenvalue weighted by molar-refractivity contribution is 0.254. The number of nitrogens with one attached hydrogen (secondary N) is 1. The standard InChI is InChI=1S/C15H21BrFN/c1-10(2)12-5-3-4-6-15(12)18-11-7-8-13(16)14(17)9-11/h7-10,12,15,18H,3-6H2,1-2H3. The van der Waals surface area contributed by atoms with Crippen molar-refractivity contribution in [1.29, 1.82) is 0 Å². The molecule has 1 fully saturated rings. The molecule has 100 valence electrons. The van der Waals surface area contributed by atoms with Crippen LogP contribution in [0, 0.1) is 17.7 Å². The molecule has 1 aromatic rings. The Hall–Kier alpha value is -0.570. The van der Waals surface area contributed by atoms with Crippen molar-refractivity contribution in [1.82, 2.24) is 0 Å². The minimum absolute atomic E-state index is 0.197. The van der Waals surface area contributed by atoms with E-state index < -0.39 is 0 Å². The molecule has 3 heteroatoms. The normalized spacial score (nSPS) is 24.3. The summed E-state index contributed by atoms with van der Waals surface area (Å²) >= 11 is 3.19. The van der Waals surface area contributed by atoms with Crippen LogP contribution in [0.4, 0.5) is 10.1 Å². The lowest BCUT2D eigenvalue weighted by atomic mass is 9.78. The molecule has 2 unspecified atom stereocenters. The molecular weight excluding hydrogens is 293 g/mol. The molecule has 18 heavy (non-hydrogen) atoms. The molecule has 0 heterocycles. The first-order valence-electron chi connectivity index (χ1n) is 6.79. The lowest BCUT2D eigenvalue weighted by Gasteiger charge is -2.35. The van der Waals surface area contributed by atoms with Gasteiger partial charge in [0.15, 0.2) is 0 Å². The van der Waals surface area contributed by atoms with Crippen LogP contribution in [0.15, 0.2) is 22.7 Å². The molecule has 1 aromatic carbocycles. The minimum Gasteiger partial charge on any atom is -0.382 e. The molecule has 0 aliphatic heterocycles. The molecule has 2 atom stereocenters. The predicted octanol–water partition coefficient (Wildman–Crippen LogP) is 5.21. The molecule has 0 aromatic heterocycles. The summed E-state index contributed by atoms with van der Waals surface area (Å²) in [6, 6.07) is 5.78. The first-order chi connectivity index (χ1) is 8.58. The molecular formula is C15H21BrFN. The van der Waals surface area contributed by atoms with Crippen LogP contribution in [0.3, 0.4) is 0 Å². The van der Waals surface area contributed by atoms with Gasteiger partial charge in [-0.25, -0.2) is 4.39 Å². The van der Waals surface area contributed by atoms with Crippen molar-refractivity contribution in [2.45, 2.75) is 45.6 Å². The van der Waals surface area contributed by atoms with Gasteiger partial charge in [0, 0.05) is 11.7 Å². The van der Waals surface area contributed by atoms with Crippen LogP contribution < -0.4 is 5.32 Å². The van der Waals surface area contributed by atoms with Gasteiger partial charge in [-0.2, -0.15) is 0 Å². The zero-order valence-corrected chi connectivity index (χ0v) is 12.6. The fourth-order valence-electron chi connectivity index (χ4n) is 2.94. The van der Waals surface area contributed by atoms with Crippen molar-refractivity contribution in [2.75, 3.05) is 5.32 Å². The van der Waals surface area contributed by atoms with Gasteiger partial charge in [0.1, 0.15) is 5.82 Å². The van der Waals surface area contributed by atoms with Crippen molar-refractivity contribution in [3.8, 4) is 0 Å². The summed E-state index contributed by atoms with van der Waals surface area (Å²) in [5, 5.41) is 3.52. The van der Waals surface area contributed by atoms with Gasteiger partial charge in [0.2, 0.25) is 0 Å². The molecule has 1 saturated carbocycles. The van der Waals surface area contributed by atoms with Crippen molar-refractivity contribution in [3.63, 3.8) is 0 Å². The van der Waals surface area contributed by atoms with Gasteiger partial charge in [0.05, 0.1) is 4.47 Å². The van der Waals surface area contributed by atoms with Gasteiger partial charge >= 0.3 is 0 Å². The Morgan fingerprint density at radius 1 is 1.28 bits per heavy atom. The molecule has 1 aliphatic carbocycles. The monoisotopic (exact) mass is 313 g/mol. The van der Waals surface area contributed by atoms with Crippen molar-refractivity contribution in [2.24, 2.45) is 11.8 Å². The zero-order chi connectivity index (χ0) is 13.1. The van der Waals surface area contributed by atoms with Gasteiger partial charge < -0.3 is 5.32 Å². The third-order valence-corrected chi connectivity index (χ3v) is 4.59. The maximum absolute atomic E-state index is 13.5. The van der Waals surface area contributed by atoms with E-state index in [0.29, 0.717) is 22.4 Å². The maximum Gasteiger partial charge on any atom is 0.139 e. The van der Waals surface area contributed by atoms with Gasteiger partial charge in [-0.1, -0.05) is 26.7 Å². The predicted molar refractivity (Wildman–Crippen MR) is 78.3 cm³/mol. The van der Waals surface area contributed by atoms with Crippen LogP contribution in [0.2, 0.25) is 0 Å². The lowest BCUT2D eigenvalue weighted by Crippen LogP contribution is -2.35. The number of halogens is 2. The second-order valence-electron chi connectivity index (χ2n) is 5.57. The van der Waals surface area contributed by atoms with E-state index in [-0.39, 0.29) is 5.82 Å². The van der Waals surface area contributed by atoms with E-state index in [1.807, 2.05) is 6.07 Å². The Morgan fingerprint density at radius 3 is 2.67 bits per heavy atom. The van der Waals surface area contributed by atoms with E-state index in [1.165, 1.54) is 25.7 Å². The topological polar surface area (TPSA) is 12.0 Å². The number of hydrogen-bond acceptors (Lipinski definition) is 1. The third-order valence-electron chi connectivity index (χ3n) is 3.95. The molecule has 0 radical (unpaired) electrons. The highest BCUT2D eigenvalue weighted by atomic mass is 79.9. The van der Waals surface area contributed by atoms with E-state index in [4.69, 9.17) is 0 Å². The smallest absolute Gasteiger partial charge is 0.139 e.